The van der Waals surface area contributed by atoms with Crippen molar-refractivity contribution < 1.29 is 39.2 Å². The first-order valence-electron chi connectivity index (χ1n) is 12.1. The first kappa shape index (κ1) is 28.8. The summed E-state index contributed by atoms with van der Waals surface area (Å²) < 4.78 is 5.50. The number of phenols is 1. The van der Waals surface area contributed by atoms with Crippen LogP contribution in [0.1, 0.15) is 66.8 Å². The average Bonchev–Trinajstić information content (AvgIpc) is 2.90. The third-order valence-electron chi connectivity index (χ3n) is 7.05. The van der Waals surface area contributed by atoms with Crippen molar-refractivity contribution in [3.05, 3.63) is 86.4 Å². The van der Waals surface area contributed by atoms with E-state index in [4.69, 9.17) is 33.3 Å². The van der Waals surface area contributed by atoms with E-state index in [-0.39, 0.29) is 28.7 Å². The normalized spacial score (nSPS) is 16.1. The molecule has 1 saturated carbocycles. The van der Waals surface area contributed by atoms with Gasteiger partial charge in [0.2, 0.25) is 5.78 Å². The second-order valence-electron chi connectivity index (χ2n) is 9.53. The molecule has 0 heterocycles. The van der Waals surface area contributed by atoms with Gasteiger partial charge in [-0.15, -0.1) is 0 Å². The Labute approximate surface area is 238 Å². The highest BCUT2D eigenvalue weighted by atomic mass is 35.5. The Balaban J connectivity index is 1.80. The van der Waals surface area contributed by atoms with Gasteiger partial charge in [-0.3, -0.25) is 10.2 Å². The van der Waals surface area contributed by atoms with Crippen LogP contribution in [0, 0.1) is 17.2 Å². The van der Waals surface area contributed by atoms with Crippen LogP contribution in [-0.2, 0) is 4.74 Å². The Hall–Kier alpha value is -4.21. The van der Waals surface area contributed by atoms with Crippen molar-refractivity contribution in [2.24, 2.45) is 11.8 Å². The molecule has 2 atom stereocenters. The number of hydrogen-bond donors (Lipinski definition) is 4. The monoisotopic (exact) mass is 583 g/mol. The number of Topliss-reactive ketones (excluding diaryl/α,β-unsaturated/α-hetero) is 1. The third kappa shape index (κ3) is 5.71. The third-order valence-corrected chi connectivity index (χ3v) is 7.59. The molecule has 0 radical (unpaired) electrons. The van der Waals surface area contributed by atoms with Crippen LogP contribution >= 0.6 is 23.2 Å². The standard InChI is InChI=1S/C29H23Cl2NO8/c1-13-2-3-15(13)12-40-29(39)18-6-4-14(17-7-5-16(30)9-23(17)31)8-19(18)25(32)26(34)20-11-24(33)22(28(37)38)10-21(20)27(35)36/h4-11,13,15,32-33H,2-3,12H2,1H3,(H,35,36)(H,37,38). The number of carbonyl (C=O) groups is 4. The van der Waals surface area contributed by atoms with E-state index in [9.17, 15) is 34.5 Å². The number of rotatable bonds is 9. The molecule has 40 heavy (non-hydrogen) atoms. The van der Waals surface area contributed by atoms with Crippen LogP contribution in [0.4, 0.5) is 0 Å². The molecule has 206 valence electrons. The lowest BCUT2D eigenvalue weighted by atomic mass is 9.75. The second-order valence-corrected chi connectivity index (χ2v) is 10.4. The Morgan fingerprint density at radius 1 is 0.875 bits per heavy atom. The molecule has 2 unspecified atom stereocenters. The maximum absolute atomic E-state index is 13.5. The molecule has 1 fully saturated rings. The van der Waals surface area contributed by atoms with Crippen LogP contribution in [-0.4, -0.2) is 51.3 Å². The van der Waals surface area contributed by atoms with Crippen LogP contribution < -0.4 is 0 Å². The number of hydrogen-bond acceptors (Lipinski definition) is 7. The fraction of sp³-hybridized carbons (Fsp3) is 0.207. The smallest absolute Gasteiger partial charge is 0.339 e. The first-order chi connectivity index (χ1) is 18.9. The highest BCUT2D eigenvalue weighted by molar-refractivity contribution is 6.52. The maximum atomic E-state index is 13.5. The van der Waals surface area contributed by atoms with Gasteiger partial charge < -0.3 is 20.1 Å². The summed E-state index contributed by atoms with van der Waals surface area (Å²) in [7, 11) is 0. The molecule has 11 heteroatoms. The van der Waals surface area contributed by atoms with Crippen molar-refractivity contribution in [3.8, 4) is 16.9 Å². The quantitative estimate of drug-likeness (QED) is 0.131. The highest BCUT2D eigenvalue weighted by Crippen LogP contribution is 2.35. The molecular formula is C29H23Cl2NO8. The largest absolute Gasteiger partial charge is 0.507 e. The summed E-state index contributed by atoms with van der Waals surface area (Å²) >= 11 is 12.4. The second kappa shape index (κ2) is 11.5. The number of halogens is 2. The molecule has 3 aromatic carbocycles. The zero-order valence-corrected chi connectivity index (χ0v) is 22.5. The Morgan fingerprint density at radius 2 is 1.57 bits per heavy atom. The Morgan fingerprint density at radius 3 is 2.15 bits per heavy atom. The van der Waals surface area contributed by atoms with Gasteiger partial charge in [-0.05, 0) is 66.6 Å². The summed E-state index contributed by atoms with van der Waals surface area (Å²) in [6.45, 7) is 2.22. The molecule has 0 aliphatic heterocycles. The van der Waals surface area contributed by atoms with E-state index < -0.39 is 51.8 Å². The zero-order valence-electron chi connectivity index (χ0n) is 21.0. The van der Waals surface area contributed by atoms with Gasteiger partial charge in [-0.1, -0.05) is 42.3 Å². The Kier molecular flexibility index (Phi) is 8.27. The fourth-order valence-corrected chi connectivity index (χ4v) is 4.96. The summed E-state index contributed by atoms with van der Waals surface area (Å²) in [5, 5.41) is 38.4. The molecule has 0 bridgehead atoms. The number of nitrogens with one attached hydrogen (secondary N) is 1. The molecule has 9 nitrogen and oxygen atoms in total. The molecular weight excluding hydrogens is 561 g/mol. The van der Waals surface area contributed by atoms with Crippen molar-refractivity contribution in [3.63, 3.8) is 0 Å². The van der Waals surface area contributed by atoms with Crippen molar-refractivity contribution in [1.29, 1.82) is 5.41 Å². The minimum atomic E-state index is -1.64. The average molecular weight is 584 g/mol. The van der Waals surface area contributed by atoms with E-state index in [0.717, 1.165) is 12.8 Å². The summed E-state index contributed by atoms with van der Waals surface area (Å²) in [6.07, 6.45) is 1.94. The van der Waals surface area contributed by atoms with Crippen LogP contribution in [0.15, 0.2) is 48.5 Å². The SMILES string of the molecule is CC1CCC1COC(=O)c1ccc(-c2ccc(Cl)cc2Cl)cc1C(=N)C(=O)c1cc(O)c(C(=O)O)cc1C(=O)O. The van der Waals surface area contributed by atoms with Crippen LogP contribution in [0.2, 0.25) is 10.0 Å². The van der Waals surface area contributed by atoms with Crippen LogP contribution in [0.3, 0.4) is 0 Å². The van der Waals surface area contributed by atoms with Gasteiger partial charge in [-0.25, -0.2) is 14.4 Å². The lowest BCUT2D eigenvalue weighted by Gasteiger charge is -2.33. The Bertz CT molecular complexity index is 1580. The summed E-state index contributed by atoms with van der Waals surface area (Å²) in [4.78, 5) is 49.8. The molecule has 0 spiro atoms. The van der Waals surface area contributed by atoms with E-state index in [1.807, 2.05) is 0 Å². The van der Waals surface area contributed by atoms with Gasteiger partial charge in [0.1, 0.15) is 17.0 Å². The zero-order chi connectivity index (χ0) is 29.3. The van der Waals surface area contributed by atoms with Crippen molar-refractivity contribution >= 4 is 52.6 Å². The van der Waals surface area contributed by atoms with Gasteiger partial charge in [0.05, 0.1) is 17.7 Å². The lowest BCUT2D eigenvalue weighted by molar-refractivity contribution is 0.0265. The number of carboxylic acid groups (broad SMARTS) is 2. The number of ketones is 1. The molecule has 4 rings (SSSR count). The van der Waals surface area contributed by atoms with E-state index in [0.29, 0.717) is 34.2 Å². The number of carbonyl (C=O) groups excluding carboxylic acids is 2. The predicted octanol–water partition coefficient (Wildman–Crippen LogP) is 6.22. The van der Waals surface area contributed by atoms with E-state index in [1.54, 1.807) is 18.2 Å². The first-order valence-corrected chi connectivity index (χ1v) is 12.9. The van der Waals surface area contributed by atoms with Gasteiger partial charge in [-0.2, -0.15) is 0 Å². The number of esters is 1. The topological polar surface area (TPSA) is 162 Å². The van der Waals surface area contributed by atoms with Crippen molar-refractivity contribution in [2.75, 3.05) is 6.61 Å². The lowest BCUT2D eigenvalue weighted by Crippen LogP contribution is -2.29. The predicted molar refractivity (Wildman–Crippen MR) is 147 cm³/mol. The minimum Gasteiger partial charge on any atom is -0.507 e. The van der Waals surface area contributed by atoms with Gasteiger partial charge in [0.15, 0.2) is 0 Å². The fourth-order valence-electron chi connectivity index (χ4n) is 4.45. The summed E-state index contributed by atoms with van der Waals surface area (Å²) in [5.41, 5.74) is -2.22. The van der Waals surface area contributed by atoms with Crippen LogP contribution in [0.25, 0.3) is 11.1 Å². The van der Waals surface area contributed by atoms with Gasteiger partial charge >= 0.3 is 17.9 Å². The van der Waals surface area contributed by atoms with E-state index in [1.165, 1.54) is 18.2 Å². The van der Waals surface area contributed by atoms with Gasteiger partial charge in [0, 0.05) is 26.7 Å². The number of benzene rings is 3. The number of aromatic carboxylic acids is 2. The highest BCUT2D eigenvalue weighted by Gasteiger charge is 2.30. The number of carboxylic acids is 2. The summed E-state index contributed by atoms with van der Waals surface area (Å²) in [6, 6.07) is 10.4. The number of ether oxygens (including phenoxy) is 1. The molecule has 3 aromatic rings. The molecule has 0 aromatic heterocycles. The maximum Gasteiger partial charge on any atom is 0.339 e. The van der Waals surface area contributed by atoms with E-state index >= 15 is 0 Å². The molecule has 1 aliphatic carbocycles. The molecule has 0 saturated heterocycles. The van der Waals surface area contributed by atoms with Crippen molar-refractivity contribution in [1.82, 2.24) is 0 Å². The molecule has 1 aliphatic rings. The summed E-state index contributed by atoms with van der Waals surface area (Å²) in [5.74, 6) is -5.44. The minimum absolute atomic E-state index is 0.109. The van der Waals surface area contributed by atoms with E-state index in [2.05, 4.69) is 6.92 Å². The molecule has 0 amide bonds. The van der Waals surface area contributed by atoms with Gasteiger partial charge in [0.25, 0.3) is 0 Å². The molecule has 4 N–H and O–H groups in total. The van der Waals surface area contributed by atoms with Crippen LogP contribution in [0.5, 0.6) is 5.75 Å². The number of aromatic hydroxyl groups is 1. The van der Waals surface area contributed by atoms with Crippen molar-refractivity contribution in [2.45, 2.75) is 19.8 Å².